The third-order valence-corrected chi connectivity index (χ3v) is 3.82. The van der Waals surface area contributed by atoms with Crippen LogP contribution < -0.4 is 20.3 Å². The lowest BCUT2D eigenvalue weighted by Crippen LogP contribution is -2.20. The van der Waals surface area contributed by atoms with Crippen LogP contribution in [0, 0.1) is 0 Å². The first-order chi connectivity index (χ1) is 12.2. The number of hydrogen-bond acceptors (Lipinski definition) is 7. The monoisotopic (exact) mass is 345 g/mol. The van der Waals surface area contributed by atoms with E-state index in [0.717, 1.165) is 29.5 Å². The van der Waals surface area contributed by atoms with Crippen LogP contribution in [-0.2, 0) is 6.54 Å². The summed E-state index contributed by atoms with van der Waals surface area (Å²) in [6, 6.07) is 9.77. The lowest BCUT2D eigenvalue weighted by molar-refractivity contribution is 0.292. The number of benzene rings is 1. The zero-order chi connectivity index (χ0) is 18.1. The summed E-state index contributed by atoms with van der Waals surface area (Å²) >= 11 is 0. The largest absolute Gasteiger partial charge is 0.496 e. The number of para-hydroxylation sites is 1. The van der Waals surface area contributed by atoms with Gasteiger partial charge in [-0.2, -0.15) is 9.97 Å². The number of nitrogens with one attached hydrogen (secondary N) is 2. The Morgan fingerprint density at radius 3 is 2.56 bits per heavy atom. The quantitative estimate of drug-likeness (QED) is 0.570. The third kappa shape index (κ3) is 5.49. The lowest BCUT2D eigenvalue weighted by atomic mass is 10.2. The van der Waals surface area contributed by atoms with Gasteiger partial charge in [0.1, 0.15) is 17.4 Å². The minimum atomic E-state index is 0.152. The maximum Gasteiger partial charge on any atom is 0.228 e. The van der Waals surface area contributed by atoms with Crippen LogP contribution in [0.15, 0.2) is 30.3 Å². The molecule has 0 radical (unpaired) electrons. The fourth-order valence-corrected chi connectivity index (χ4v) is 2.26. The predicted molar refractivity (Wildman–Crippen MR) is 101 cm³/mol. The highest BCUT2D eigenvalue weighted by Gasteiger charge is 2.09. The maximum atomic E-state index is 8.93. The molecule has 2 rings (SSSR count). The molecule has 0 aliphatic heterocycles. The fraction of sp³-hybridized carbons (Fsp3) is 0.444. The van der Waals surface area contributed by atoms with Crippen LogP contribution in [0.4, 0.5) is 17.6 Å². The second-order valence-electron chi connectivity index (χ2n) is 5.62. The van der Waals surface area contributed by atoms with Crippen LogP contribution >= 0.6 is 0 Å². The molecule has 2 aromatic rings. The predicted octanol–water partition coefficient (Wildman–Crippen LogP) is 2.35. The number of aliphatic hydroxyl groups is 1. The first kappa shape index (κ1) is 18.8. The SMILES string of the molecule is CCN(C)c1nc(NCCCO)cc(NCc2ccccc2OC)n1. The Hall–Kier alpha value is -2.54. The second kappa shape index (κ2) is 9.68. The summed E-state index contributed by atoms with van der Waals surface area (Å²) < 4.78 is 5.39. The highest BCUT2D eigenvalue weighted by molar-refractivity contribution is 5.53. The lowest BCUT2D eigenvalue weighted by Gasteiger charge is -2.18. The maximum absolute atomic E-state index is 8.93. The van der Waals surface area contributed by atoms with Gasteiger partial charge in [0.15, 0.2) is 0 Å². The summed E-state index contributed by atoms with van der Waals surface area (Å²) in [6.45, 7) is 4.28. The first-order valence-corrected chi connectivity index (χ1v) is 8.48. The molecule has 1 aromatic carbocycles. The van der Waals surface area contributed by atoms with Crippen LogP contribution in [0.1, 0.15) is 18.9 Å². The molecule has 136 valence electrons. The van der Waals surface area contributed by atoms with Gasteiger partial charge in [-0.1, -0.05) is 18.2 Å². The van der Waals surface area contributed by atoms with E-state index >= 15 is 0 Å². The van der Waals surface area contributed by atoms with Crippen molar-refractivity contribution in [1.29, 1.82) is 0 Å². The molecule has 0 amide bonds. The van der Waals surface area contributed by atoms with Crippen molar-refractivity contribution in [3.63, 3.8) is 0 Å². The number of aliphatic hydroxyl groups excluding tert-OH is 1. The summed E-state index contributed by atoms with van der Waals surface area (Å²) in [7, 11) is 3.62. The van der Waals surface area contributed by atoms with Gasteiger partial charge in [-0.25, -0.2) is 0 Å². The molecule has 0 aliphatic carbocycles. The Labute approximate surface area is 149 Å². The van der Waals surface area contributed by atoms with Gasteiger partial charge < -0.3 is 25.4 Å². The molecule has 0 bridgehead atoms. The molecule has 0 spiro atoms. The highest BCUT2D eigenvalue weighted by atomic mass is 16.5. The van der Waals surface area contributed by atoms with E-state index in [-0.39, 0.29) is 6.61 Å². The van der Waals surface area contributed by atoms with Gasteiger partial charge in [0, 0.05) is 44.9 Å². The molecular formula is C18H27N5O2. The molecule has 3 N–H and O–H groups in total. The molecule has 0 unspecified atom stereocenters. The van der Waals surface area contributed by atoms with Gasteiger partial charge in [-0.05, 0) is 19.4 Å². The zero-order valence-electron chi connectivity index (χ0n) is 15.1. The van der Waals surface area contributed by atoms with Crippen molar-refractivity contribution in [3.8, 4) is 5.75 Å². The summed E-state index contributed by atoms with van der Waals surface area (Å²) in [5.41, 5.74) is 1.06. The Morgan fingerprint density at radius 2 is 1.88 bits per heavy atom. The van der Waals surface area contributed by atoms with Crippen LogP contribution in [0.5, 0.6) is 5.75 Å². The van der Waals surface area contributed by atoms with E-state index in [0.29, 0.717) is 25.5 Å². The molecule has 25 heavy (non-hydrogen) atoms. The molecule has 0 saturated heterocycles. The van der Waals surface area contributed by atoms with Crippen molar-refractivity contribution in [2.24, 2.45) is 0 Å². The molecular weight excluding hydrogens is 318 g/mol. The van der Waals surface area contributed by atoms with Crippen molar-refractivity contribution in [2.75, 3.05) is 49.4 Å². The van der Waals surface area contributed by atoms with E-state index in [1.165, 1.54) is 0 Å². The Bertz CT molecular complexity index is 666. The van der Waals surface area contributed by atoms with Crippen LogP contribution in [0.25, 0.3) is 0 Å². The number of anilines is 3. The van der Waals surface area contributed by atoms with Crippen molar-refractivity contribution < 1.29 is 9.84 Å². The fourth-order valence-electron chi connectivity index (χ4n) is 2.26. The normalized spacial score (nSPS) is 10.4. The summed E-state index contributed by atoms with van der Waals surface area (Å²) in [5, 5.41) is 15.5. The zero-order valence-corrected chi connectivity index (χ0v) is 15.1. The second-order valence-corrected chi connectivity index (χ2v) is 5.62. The Morgan fingerprint density at radius 1 is 1.16 bits per heavy atom. The molecule has 1 heterocycles. The molecule has 0 saturated carbocycles. The van der Waals surface area contributed by atoms with Crippen molar-refractivity contribution in [3.05, 3.63) is 35.9 Å². The van der Waals surface area contributed by atoms with Gasteiger partial charge in [0.2, 0.25) is 5.95 Å². The number of methoxy groups -OCH3 is 1. The smallest absolute Gasteiger partial charge is 0.228 e. The number of nitrogens with zero attached hydrogens (tertiary/aromatic N) is 3. The first-order valence-electron chi connectivity index (χ1n) is 8.48. The summed E-state index contributed by atoms with van der Waals surface area (Å²) in [5.74, 6) is 2.97. The third-order valence-electron chi connectivity index (χ3n) is 3.82. The standard InChI is InChI=1S/C18H27N5O2/c1-4-23(2)18-21-16(19-10-7-11-24)12-17(22-18)20-13-14-8-5-6-9-15(14)25-3/h5-6,8-9,12,24H,4,7,10-11,13H2,1-3H3,(H2,19,20,21,22). The average Bonchev–Trinajstić information content (AvgIpc) is 2.66. The van der Waals surface area contributed by atoms with E-state index in [1.807, 2.05) is 42.3 Å². The van der Waals surface area contributed by atoms with Gasteiger partial charge >= 0.3 is 0 Å². The number of ether oxygens (including phenoxy) is 1. The van der Waals surface area contributed by atoms with Crippen LogP contribution in [0.3, 0.4) is 0 Å². The van der Waals surface area contributed by atoms with Crippen molar-refractivity contribution in [2.45, 2.75) is 19.9 Å². The highest BCUT2D eigenvalue weighted by Crippen LogP contribution is 2.21. The topological polar surface area (TPSA) is 82.5 Å². The van der Waals surface area contributed by atoms with E-state index in [9.17, 15) is 0 Å². The number of hydrogen-bond donors (Lipinski definition) is 3. The molecule has 1 aromatic heterocycles. The van der Waals surface area contributed by atoms with Gasteiger partial charge in [-0.3, -0.25) is 0 Å². The molecule has 7 heteroatoms. The summed E-state index contributed by atoms with van der Waals surface area (Å²) in [4.78, 5) is 11.1. The average molecular weight is 345 g/mol. The van der Waals surface area contributed by atoms with Crippen LogP contribution in [-0.4, -0.2) is 48.9 Å². The van der Waals surface area contributed by atoms with E-state index in [2.05, 4.69) is 27.5 Å². The Kier molecular flexibility index (Phi) is 7.28. The number of aromatic nitrogens is 2. The van der Waals surface area contributed by atoms with Gasteiger partial charge in [0.25, 0.3) is 0 Å². The van der Waals surface area contributed by atoms with Crippen molar-refractivity contribution in [1.82, 2.24) is 9.97 Å². The summed E-state index contributed by atoms with van der Waals surface area (Å²) in [6.07, 6.45) is 0.674. The minimum absolute atomic E-state index is 0.152. The molecule has 0 fully saturated rings. The minimum Gasteiger partial charge on any atom is -0.496 e. The number of rotatable bonds is 10. The van der Waals surface area contributed by atoms with Gasteiger partial charge in [0.05, 0.1) is 7.11 Å². The van der Waals surface area contributed by atoms with E-state index in [1.54, 1.807) is 7.11 Å². The molecule has 7 nitrogen and oxygen atoms in total. The molecule has 0 atom stereocenters. The van der Waals surface area contributed by atoms with E-state index in [4.69, 9.17) is 9.84 Å². The van der Waals surface area contributed by atoms with Crippen LogP contribution in [0.2, 0.25) is 0 Å². The van der Waals surface area contributed by atoms with Crippen molar-refractivity contribution >= 4 is 17.6 Å². The van der Waals surface area contributed by atoms with Gasteiger partial charge in [-0.15, -0.1) is 0 Å². The molecule has 0 aliphatic rings. The van der Waals surface area contributed by atoms with E-state index < -0.39 is 0 Å². The Balaban J connectivity index is 2.15.